The second-order valence-corrected chi connectivity index (χ2v) is 10.9. The van der Waals surface area contributed by atoms with Crippen molar-refractivity contribution in [2.24, 2.45) is 0 Å². The van der Waals surface area contributed by atoms with E-state index in [1.807, 2.05) is 0 Å². The van der Waals surface area contributed by atoms with Crippen molar-refractivity contribution >= 4 is 26.6 Å². The number of hydrogen-bond acceptors (Lipinski definition) is 5. The minimum Gasteiger partial charge on any atom is -0.346 e. The summed E-state index contributed by atoms with van der Waals surface area (Å²) in [4.78, 5) is 16.9. The maximum Gasteiger partial charge on any atom is 0.251 e. The molecule has 4 aromatic rings. The molecule has 0 bridgehead atoms. The van der Waals surface area contributed by atoms with Gasteiger partial charge in [-0.05, 0) is 61.9 Å². The lowest BCUT2D eigenvalue weighted by Crippen LogP contribution is -2.46. The van der Waals surface area contributed by atoms with Crippen LogP contribution in [0.4, 0.5) is 8.78 Å². The summed E-state index contributed by atoms with van der Waals surface area (Å²) < 4.78 is 52.7. The van der Waals surface area contributed by atoms with Crippen LogP contribution in [0.5, 0.6) is 0 Å². The van der Waals surface area contributed by atoms with E-state index in [1.165, 1.54) is 24.4 Å². The topological polar surface area (TPSA) is 93.9 Å². The Labute approximate surface area is 194 Å². The summed E-state index contributed by atoms with van der Waals surface area (Å²) in [5.74, 6) is -1.42. The van der Waals surface area contributed by atoms with E-state index in [1.54, 1.807) is 41.9 Å². The van der Waals surface area contributed by atoms with Crippen molar-refractivity contribution in [3.8, 4) is 16.9 Å². The molecule has 1 fully saturated rings. The first-order valence-corrected chi connectivity index (χ1v) is 12.4. The van der Waals surface area contributed by atoms with Crippen molar-refractivity contribution < 1.29 is 22.0 Å². The van der Waals surface area contributed by atoms with Crippen LogP contribution in [0.3, 0.4) is 0 Å². The lowest BCUT2D eigenvalue weighted by molar-refractivity contribution is 0.0915. The molecule has 5 rings (SSSR count). The van der Waals surface area contributed by atoms with Crippen molar-refractivity contribution in [3.05, 3.63) is 78.1 Å². The Bertz CT molecular complexity index is 1530. The van der Waals surface area contributed by atoms with E-state index in [9.17, 15) is 22.0 Å². The Morgan fingerprint density at radius 1 is 1.06 bits per heavy atom. The molecule has 2 aromatic heterocycles. The summed E-state index contributed by atoms with van der Waals surface area (Å²) in [6.07, 6.45) is 2.92. The number of fused-ring (bicyclic) bond motifs is 1. The third-order valence-corrected chi connectivity index (χ3v) is 7.81. The number of sulfone groups is 1. The third kappa shape index (κ3) is 4.16. The number of hydrogen-bond donors (Lipinski definition) is 1. The number of aromatic nitrogens is 3. The monoisotopic (exact) mass is 482 g/mol. The van der Waals surface area contributed by atoms with E-state index >= 15 is 0 Å². The maximum absolute atomic E-state index is 13.8. The van der Waals surface area contributed by atoms with Crippen LogP contribution in [0.15, 0.2) is 60.9 Å². The Balaban J connectivity index is 1.61. The first-order chi connectivity index (χ1) is 16.1. The molecule has 1 aliphatic rings. The standard InChI is InChI=1S/C24H20F2N4O3S/c1-24(8-9-34(32,33)14-24)28-23(31)15-2-7-20-21(11-15)30(19-5-3-17(25)4-6-19)29-22(20)16-10-18(26)13-27-12-16/h2-7,10-13H,8-9,14H2,1H3,(H,28,31). The van der Waals surface area contributed by atoms with Crippen molar-refractivity contribution in [2.45, 2.75) is 18.9 Å². The molecule has 1 N–H and O–H groups in total. The molecule has 0 saturated carbocycles. The highest BCUT2D eigenvalue weighted by molar-refractivity contribution is 7.91. The molecule has 34 heavy (non-hydrogen) atoms. The molecule has 0 spiro atoms. The van der Waals surface area contributed by atoms with Crippen LogP contribution in [0.2, 0.25) is 0 Å². The fraction of sp³-hybridized carbons (Fsp3) is 0.208. The minimum absolute atomic E-state index is 0.0329. The zero-order valence-electron chi connectivity index (χ0n) is 18.1. The Morgan fingerprint density at radius 2 is 1.82 bits per heavy atom. The molecule has 7 nitrogen and oxygen atoms in total. The van der Waals surface area contributed by atoms with Gasteiger partial charge in [0, 0.05) is 22.7 Å². The van der Waals surface area contributed by atoms with E-state index in [-0.39, 0.29) is 11.5 Å². The Hall–Kier alpha value is -3.66. The summed E-state index contributed by atoms with van der Waals surface area (Å²) >= 11 is 0. The highest BCUT2D eigenvalue weighted by Crippen LogP contribution is 2.31. The van der Waals surface area contributed by atoms with Gasteiger partial charge < -0.3 is 5.32 Å². The largest absolute Gasteiger partial charge is 0.346 e. The van der Waals surface area contributed by atoms with Gasteiger partial charge in [0.05, 0.1) is 34.4 Å². The first kappa shape index (κ1) is 22.1. The molecule has 174 valence electrons. The third-order valence-electron chi connectivity index (χ3n) is 5.91. The summed E-state index contributed by atoms with van der Waals surface area (Å²) in [5, 5.41) is 8.10. The number of pyridine rings is 1. The van der Waals surface area contributed by atoms with Gasteiger partial charge in [0.25, 0.3) is 5.91 Å². The molecule has 1 saturated heterocycles. The maximum atomic E-state index is 13.8. The van der Waals surface area contributed by atoms with Crippen LogP contribution in [0.1, 0.15) is 23.7 Å². The molecule has 1 atom stereocenters. The zero-order chi connectivity index (χ0) is 24.1. The van der Waals surface area contributed by atoms with Crippen molar-refractivity contribution in [1.82, 2.24) is 20.1 Å². The lowest BCUT2D eigenvalue weighted by Gasteiger charge is -2.23. The van der Waals surface area contributed by atoms with Gasteiger partial charge >= 0.3 is 0 Å². The van der Waals surface area contributed by atoms with Crippen LogP contribution < -0.4 is 5.32 Å². The van der Waals surface area contributed by atoms with Gasteiger partial charge in [0.1, 0.15) is 17.3 Å². The van der Waals surface area contributed by atoms with E-state index in [0.717, 1.165) is 6.20 Å². The molecule has 1 unspecified atom stereocenters. The SMILES string of the molecule is CC1(NC(=O)c2ccc3c(-c4cncc(F)c4)nn(-c4ccc(F)cc4)c3c2)CCS(=O)(=O)C1. The lowest BCUT2D eigenvalue weighted by atomic mass is 10.0. The van der Waals surface area contributed by atoms with Crippen LogP contribution in [0.25, 0.3) is 27.8 Å². The Morgan fingerprint density at radius 3 is 2.50 bits per heavy atom. The van der Waals surface area contributed by atoms with E-state index in [0.29, 0.717) is 39.8 Å². The zero-order valence-corrected chi connectivity index (χ0v) is 18.9. The summed E-state index contributed by atoms with van der Waals surface area (Å²) in [6.45, 7) is 1.71. The predicted octanol–water partition coefficient (Wildman–Crippen LogP) is 3.67. The predicted molar refractivity (Wildman–Crippen MR) is 123 cm³/mol. The molecule has 2 aromatic carbocycles. The quantitative estimate of drug-likeness (QED) is 0.479. The molecule has 10 heteroatoms. The average molecular weight is 483 g/mol. The number of carbonyl (C=O) groups is 1. The molecule has 1 amide bonds. The number of nitrogens with zero attached hydrogens (tertiary/aromatic N) is 3. The van der Waals surface area contributed by atoms with Crippen LogP contribution >= 0.6 is 0 Å². The normalized spacial score (nSPS) is 19.4. The second-order valence-electron chi connectivity index (χ2n) is 8.72. The van der Waals surface area contributed by atoms with Crippen LogP contribution in [0, 0.1) is 11.6 Å². The molecule has 3 heterocycles. The number of carbonyl (C=O) groups excluding carboxylic acids is 1. The van der Waals surface area contributed by atoms with Gasteiger partial charge in [-0.25, -0.2) is 21.9 Å². The minimum atomic E-state index is -3.19. The van der Waals surface area contributed by atoms with Gasteiger partial charge in [-0.2, -0.15) is 5.10 Å². The van der Waals surface area contributed by atoms with Gasteiger partial charge in [-0.3, -0.25) is 9.78 Å². The van der Waals surface area contributed by atoms with Gasteiger partial charge in [0.2, 0.25) is 0 Å². The highest BCUT2D eigenvalue weighted by Gasteiger charge is 2.39. The summed E-state index contributed by atoms with van der Waals surface area (Å²) in [6, 6.07) is 11.9. The molecular weight excluding hydrogens is 462 g/mol. The number of rotatable bonds is 4. The first-order valence-electron chi connectivity index (χ1n) is 10.6. The van der Waals surface area contributed by atoms with E-state index < -0.39 is 32.9 Å². The highest BCUT2D eigenvalue weighted by atomic mass is 32.2. The number of amides is 1. The van der Waals surface area contributed by atoms with Crippen molar-refractivity contribution in [2.75, 3.05) is 11.5 Å². The van der Waals surface area contributed by atoms with Gasteiger partial charge in [-0.1, -0.05) is 0 Å². The average Bonchev–Trinajstić information content (AvgIpc) is 3.30. The molecule has 0 radical (unpaired) electrons. The Kier molecular flexibility index (Phi) is 5.20. The van der Waals surface area contributed by atoms with Crippen LogP contribution in [-0.2, 0) is 9.84 Å². The molecule has 0 aliphatic carbocycles. The van der Waals surface area contributed by atoms with Gasteiger partial charge in [0.15, 0.2) is 9.84 Å². The number of nitrogens with one attached hydrogen (secondary N) is 1. The molecular formula is C24H20F2N4O3S. The summed E-state index contributed by atoms with van der Waals surface area (Å²) in [5.41, 5.74) is 1.46. The molecule has 1 aliphatic heterocycles. The van der Waals surface area contributed by atoms with Crippen molar-refractivity contribution in [1.29, 1.82) is 0 Å². The van der Waals surface area contributed by atoms with E-state index in [4.69, 9.17) is 0 Å². The number of benzene rings is 2. The van der Waals surface area contributed by atoms with Crippen LogP contribution in [-0.4, -0.2) is 46.1 Å². The van der Waals surface area contributed by atoms with Crippen molar-refractivity contribution in [3.63, 3.8) is 0 Å². The van der Waals surface area contributed by atoms with Gasteiger partial charge in [-0.15, -0.1) is 0 Å². The van der Waals surface area contributed by atoms with E-state index in [2.05, 4.69) is 15.4 Å². The second kappa shape index (κ2) is 7.98. The summed E-state index contributed by atoms with van der Waals surface area (Å²) in [7, 11) is -3.19. The number of halogens is 2. The fourth-order valence-corrected chi connectivity index (χ4v) is 6.34. The smallest absolute Gasteiger partial charge is 0.251 e. The fourth-order valence-electron chi connectivity index (χ4n) is 4.25.